The Bertz CT molecular complexity index is 2510. The number of rotatable bonds is 12. The molecular weight excluding hydrogens is 1200 g/mol. The third kappa shape index (κ3) is 18.7. The molecule has 1 fully saturated rings. The van der Waals surface area contributed by atoms with Crippen molar-refractivity contribution in [1.29, 1.82) is 0 Å². The van der Waals surface area contributed by atoms with Crippen molar-refractivity contribution in [3.05, 3.63) is 269 Å². The van der Waals surface area contributed by atoms with Gasteiger partial charge in [-0.2, -0.15) is 0 Å². The van der Waals surface area contributed by atoms with Crippen LogP contribution in [0.5, 0.6) is 0 Å². The number of hydrogen-bond acceptors (Lipinski definition) is 4. The summed E-state index contributed by atoms with van der Waals surface area (Å²) < 4.78 is 21.9. The topological polar surface area (TPSA) is 69.1 Å². The fourth-order valence-electron chi connectivity index (χ4n) is 8.80. The van der Waals surface area contributed by atoms with E-state index in [-0.39, 0.29) is 31.1 Å². The first-order chi connectivity index (χ1) is 35.2. The summed E-state index contributed by atoms with van der Waals surface area (Å²) in [5, 5.41) is 2.62. The van der Waals surface area contributed by atoms with E-state index >= 15 is 0 Å². The van der Waals surface area contributed by atoms with Gasteiger partial charge in [-0.3, -0.25) is 0 Å². The molecule has 0 aromatic heterocycles. The molecule has 9 rings (SSSR count). The molecule has 0 N–H and O–H groups in total. The summed E-state index contributed by atoms with van der Waals surface area (Å²) >= 11 is 0. The van der Waals surface area contributed by atoms with E-state index in [1.165, 1.54) is 11.1 Å². The zero-order valence-corrected chi connectivity index (χ0v) is 52.9. The Labute approximate surface area is 472 Å². The third-order valence-electron chi connectivity index (χ3n) is 13.0. The molecule has 0 amide bonds. The maximum absolute atomic E-state index is 13.8. The minimum Gasteiger partial charge on any atom is -0.675 e. The SMILES string of the molecule is C[Si](C)([N-]c1ccccc1)N1CCN([Si](C)(C)[N-]c2ccccc2)CCN([Si](C)(C)[N-]c2ccccc2)CC1.Cc1ccccc1.Cc1ccccc1.O=P(c1ccccc1)(c1ccccc1)c1ccccc1.[U+3]. The van der Waals surface area contributed by atoms with Crippen LogP contribution in [0, 0.1) is 45.0 Å². The van der Waals surface area contributed by atoms with E-state index in [0.717, 1.165) is 72.2 Å². The van der Waals surface area contributed by atoms with Crippen LogP contribution in [0.25, 0.3) is 14.9 Å². The van der Waals surface area contributed by atoms with E-state index in [1.54, 1.807) is 0 Å². The van der Waals surface area contributed by atoms with Crippen LogP contribution in [0.2, 0.25) is 39.3 Å². The smallest absolute Gasteiger partial charge is 0.675 e. The van der Waals surface area contributed by atoms with Gasteiger partial charge in [0.1, 0.15) is 0 Å². The maximum Gasteiger partial charge on any atom is 3.00 e. The molecule has 1 radical (unpaired) electrons. The van der Waals surface area contributed by atoms with Crippen LogP contribution >= 0.6 is 7.14 Å². The zero-order chi connectivity index (χ0) is 52.0. The molecule has 8 aromatic rings. The predicted octanol–water partition coefficient (Wildman–Crippen LogP) is 15.4. The van der Waals surface area contributed by atoms with Crippen molar-refractivity contribution < 1.29 is 35.7 Å². The Morgan fingerprint density at radius 1 is 0.311 bits per heavy atom. The summed E-state index contributed by atoms with van der Waals surface area (Å²) in [5.41, 5.74) is 5.91. The van der Waals surface area contributed by atoms with Gasteiger partial charge in [0.15, 0.2) is 7.14 Å². The summed E-state index contributed by atoms with van der Waals surface area (Å²) in [7, 11) is -8.99. The average molecular weight is 1270 g/mol. The Balaban J connectivity index is 0.000000236. The van der Waals surface area contributed by atoms with Gasteiger partial charge >= 0.3 is 31.1 Å². The minimum absolute atomic E-state index is 0. The van der Waals surface area contributed by atoms with Crippen molar-refractivity contribution in [1.82, 2.24) is 13.7 Å². The van der Waals surface area contributed by atoms with Crippen LogP contribution < -0.4 is 15.9 Å². The van der Waals surface area contributed by atoms with E-state index in [2.05, 4.69) is 182 Å². The van der Waals surface area contributed by atoms with Gasteiger partial charge in [-0.25, -0.2) is 0 Å². The fraction of sp³-hybridized carbons (Fsp3) is 0.226. The van der Waals surface area contributed by atoms with Crippen LogP contribution in [0.4, 0.5) is 17.1 Å². The molecule has 8 aromatic carbocycles. The first kappa shape index (κ1) is 59.8. The zero-order valence-electron chi connectivity index (χ0n) is 44.9. The van der Waals surface area contributed by atoms with E-state index in [1.807, 2.05) is 127 Å². The summed E-state index contributed by atoms with van der Waals surface area (Å²) in [5.74, 6) is 0. The first-order valence-electron chi connectivity index (χ1n) is 25.5. The quantitative estimate of drug-likeness (QED) is 0.0903. The van der Waals surface area contributed by atoms with Crippen LogP contribution in [0.1, 0.15) is 11.1 Å². The molecule has 0 unspecified atom stereocenters. The van der Waals surface area contributed by atoms with Crippen molar-refractivity contribution in [2.45, 2.75) is 53.1 Å². The number of benzene rings is 8. The first-order valence-corrected chi connectivity index (χ1v) is 35.9. The van der Waals surface area contributed by atoms with Crippen LogP contribution in [0.3, 0.4) is 0 Å². The Morgan fingerprint density at radius 3 is 0.662 bits per heavy atom. The van der Waals surface area contributed by atoms with Gasteiger partial charge < -0.3 is 33.2 Å². The van der Waals surface area contributed by atoms with Crippen molar-refractivity contribution >= 4 is 65.3 Å². The number of aryl methyl sites for hydroxylation is 2. The third-order valence-corrected chi connectivity index (χ3v) is 24.4. The number of nitrogens with zero attached hydrogens (tertiary/aromatic N) is 6. The average Bonchev–Trinajstić information content (AvgIpc) is 3.53. The normalized spacial score (nSPS) is 13.7. The van der Waals surface area contributed by atoms with Gasteiger partial charge in [0, 0.05) is 80.4 Å². The maximum atomic E-state index is 13.8. The van der Waals surface area contributed by atoms with E-state index in [4.69, 9.17) is 14.9 Å². The molecule has 0 atom stereocenters. The second-order valence-electron chi connectivity index (χ2n) is 19.7. The molecule has 0 spiro atoms. The largest absolute Gasteiger partial charge is 3.00 e. The molecule has 1 aliphatic heterocycles. The van der Waals surface area contributed by atoms with Crippen LogP contribution in [-0.4, -0.2) is 78.2 Å². The summed E-state index contributed by atoms with van der Waals surface area (Å²) in [6, 6.07) is 81.2. The Morgan fingerprint density at radius 2 is 0.486 bits per heavy atom. The van der Waals surface area contributed by atoms with Crippen LogP contribution in [-0.2, 0) is 4.57 Å². The van der Waals surface area contributed by atoms with Crippen molar-refractivity contribution in [3.63, 3.8) is 0 Å². The predicted molar refractivity (Wildman–Crippen MR) is 324 cm³/mol. The Kier molecular flexibility index (Phi) is 24.2. The molecule has 0 saturated carbocycles. The molecule has 74 heavy (non-hydrogen) atoms. The Hall–Kier alpha value is -5.03. The molecule has 12 heteroatoms. The standard InChI is InChI=1S/C30H45N6Si3.C18H15OP.2C7H8.U/c1-37(2,31-28-16-10-7-11-17-28)34-22-24-35(38(3,4)32-29-18-12-8-13-19-29)26-27-36(25-23-34)39(5,6)33-30-20-14-9-15-21-30;19-20(16-10-4-1-5-11-16,17-12-6-2-7-13-17)18-14-8-3-9-15-18;2*1-7-5-3-2-4-6-7;/h7-21H,22-27H2,1-6H3;1-15H;2*2-6H,1H3;/q-3;;;;+3. The molecule has 0 aliphatic carbocycles. The van der Waals surface area contributed by atoms with Gasteiger partial charge in [0.2, 0.25) is 0 Å². The van der Waals surface area contributed by atoms with Gasteiger partial charge in [-0.05, 0) is 13.8 Å². The molecule has 7 nitrogen and oxygen atoms in total. The monoisotopic (exact) mass is 1270 g/mol. The van der Waals surface area contributed by atoms with Crippen molar-refractivity contribution in [2.75, 3.05) is 39.3 Å². The molecular formula is C62H76N6OPSi3U. The molecule has 1 aliphatic rings. The van der Waals surface area contributed by atoms with Crippen molar-refractivity contribution in [3.8, 4) is 0 Å². The molecule has 0 bridgehead atoms. The molecule has 381 valence electrons. The van der Waals surface area contributed by atoms with E-state index < -0.39 is 32.3 Å². The fourth-order valence-corrected chi connectivity index (χ4v) is 18.1. The van der Waals surface area contributed by atoms with Gasteiger partial charge in [-0.1, -0.05) is 293 Å². The van der Waals surface area contributed by atoms with Gasteiger partial charge in [0.25, 0.3) is 0 Å². The second kappa shape index (κ2) is 29.9. The van der Waals surface area contributed by atoms with Gasteiger partial charge in [0.05, 0.1) is 0 Å². The summed E-state index contributed by atoms with van der Waals surface area (Å²) in [6.07, 6.45) is 0. The summed E-state index contributed by atoms with van der Waals surface area (Å²) in [6.45, 7) is 24.6. The number of hydrogen-bond donors (Lipinski definition) is 0. The summed E-state index contributed by atoms with van der Waals surface area (Å²) in [4.78, 5) is 16.0. The van der Waals surface area contributed by atoms with Crippen LogP contribution in [0.15, 0.2) is 243 Å². The minimum atomic E-state index is -2.78. The van der Waals surface area contributed by atoms with E-state index in [0.29, 0.717) is 0 Å². The van der Waals surface area contributed by atoms with Crippen molar-refractivity contribution in [2.24, 2.45) is 0 Å². The second-order valence-corrected chi connectivity index (χ2v) is 34.0. The molecule has 1 saturated heterocycles. The van der Waals surface area contributed by atoms with Gasteiger partial charge in [-0.15, -0.1) is 17.1 Å². The molecule has 1 heterocycles. The van der Waals surface area contributed by atoms with E-state index in [9.17, 15) is 4.57 Å².